The average Bonchev–Trinajstić information content (AvgIpc) is 2.66. The van der Waals surface area contributed by atoms with Gasteiger partial charge in [0.1, 0.15) is 5.00 Å². The number of nitrogens with zero attached hydrogens (tertiary/aromatic N) is 4. The van der Waals surface area contributed by atoms with Crippen molar-refractivity contribution in [3.05, 3.63) is 6.20 Å². The zero-order valence-electron chi connectivity index (χ0n) is 9.10. The molecule has 0 aliphatic rings. The summed E-state index contributed by atoms with van der Waals surface area (Å²) >= 11 is 1.16. The van der Waals surface area contributed by atoms with Crippen LogP contribution in [0.25, 0.3) is 0 Å². The Morgan fingerprint density at radius 2 is 2.20 bits per heavy atom. The molecule has 0 aromatic carbocycles. The Kier molecular flexibility index (Phi) is 4.44. The Morgan fingerprint density at radius 3 is 2.73 bits per heavy atom. The van der Waals surface area contributed by atoms with Gasteiger partial charge in [-0.2, -0.15) is 0 Å². The highest BCUT2D eigenvalue weighted by atomic mass is 32.1. The van der Waals surface area contributed by atoms with Gasteiger partial charge in [-0.15, -0.1) is 5.10 Å². The standard InChI is InChI=1S/C8H15N5OS/c1-12(2)4-5-13(3)8(14)10-7-6-9-11-15-7/h6H,4-5H2,1-3H3,(H,10,14). The van der Waals surface area contributed by atoms with Crippen molar-refractivity contribution >= 4 is 22.6 Å². The second-order valence-electron chi connectivity index (χ2n) is 3.44. The zero-order valence-corrected chi connectivity index (χ0v) is 9.91. The summed E-state index contributed by atoms with van der Waals surface area (Å²) < 4.78 is 3.66. The Bertz CT molecular complexity index is 300. The van der Waals surface area contributed by atoms with Gasteiger partial charge in [0.05, 0.1) is 6.20 Å². The molecular weight excluding hydrogens is 214 g/mol. The molecule has 1 aromatic rings. The SMILES string of the molecule is CN(C)CCN(C)C(=O)Nc1cnns1. The van der Waals surface area contributed by atoms with Gasteiger partial charge in [0.15, 0.2) is 0 Å². The molecule has 0 saturated heterocycles. The highest BCUT2D eigenvalue weighted by Crippen LogP contribution is 2.09. The first-order chi connectivity index (χ1) is 7.09. The van der Waals surface area contributed by atoms with Gasteiger partial charge < -0.3 is 9.80 Å². The van der Waals surface area contributed by atoms with Crippen LogP contribution in [0.2, 0.25) is 0 Å². The summed E-state index contributed by atoms with van der Waals surface area (Å²) in [6.07, 6.45) is 1.53. The van der Waals surface area contributed by atoms with Crippen LogP contribution >= 0.6 is 11.5 Å². The third kappa shape index (κ3) is 4.22. The van der Waals surface area contributed by atoms with Crippen molar-refractivity contribution in [1.29, 1.82) is 0 Å². The maximum Gasteiger partial charge on any atom is 0.322 e. The lowest BCUT2D eigenvalue weighted by Crippen LogP contribution is -2.36. The lowest BCUT2D eigenvalue weighted by Gasteiger charge is -2.19. The van der Waals surface area contributed by atoms with Gasteiger partial charge in [0.2, 0.25) is 0 Å². The molecular formula is C8H15N5OS. The lowest BCUT2D eigenvalue weighted by molar-refractivity contribution is 0.217. The molecule has 6 nitrogen and oxygen atoms in total. The van der Waals surface area contributed by atoms with E-state index in [1.165, 1.54) is 6.20 Å². The molecule has 2 amide bonds. The molecule has 0 fully saturated rings. The van der Waals surface area contributed by atoms with E-state index >= 15 is 0 Å². The summed E-state index contributed by atoms with van der Waals surface area (Å²) in [6, 6.07) is -0.136. The average molecular weight is 229 g/mol. The van der Waals surface area contributed by atoms with E-state index in [4.69, 9.17) is 0 Å². The van der Waals surface area contributed by atoms with Crippen LogP contribution in [0.15, 0.2) is 6.20 Å². The molecule has 0 radical (unpaired) electrons. The number of aromatic nitrogens is 2. The van der Waals surface area contributed by atoms with Crippen molar-refractivity contribution in [2.45, 2.75) is 0 Å². The van der Waals surface area contributed by atoms with Gasteiger partial charge in [-0.05, 0) is 14.1 Å². The van der Waals surface area contributed by atoms with E-state index < -0.39 is 0 Å². The monoisotopic (exact) mass is 229 g/mol. The number of hydrogen-bond acceptors (Lipinski definition) is 5. The molecule has 84 valence electrons. The van der Waals surface area contributed by atoms with Crippen molar-refractivity contribution in [3.8, 4) is 0 Å². The smallest absolute Gasteiger partial charge is 0.322 e. The first-order valence-electron chi connectivity index (χ1n) is 4.54. The zero-order chi connectivity index (χ0) is 11.3. The van der Waals surface area contributed by atoms with Crippen molar-refractivity contribution < 1.29 is 4.79 Å². The van der Waals surface area contributed by atoms with Crippen LogP contribution in [-0.2, 0) is 0 Å². The van der Waals surface area contributed by atoms with Gasteiger partial charge in [0.25, 0.3) is 0 Å². The maximum absolute atomic E-state index is 11.6. The van der Waals surface area contributed by atoms with Crippen LogP contribution in [0.3, 0.4) is 0 Å². The minimum atomic E-state index is -0.136. The number of amides is 2. The summed E-state index contributed by atoms with van der Waals surface area (Å²) in [5.41, 5.74) is 0. The number of anilines is 1. The van der Waals surface area contributed by atoms with Crippen LogP contribution in [0, 0.1) is 0 Å². The fourth-order valence-corrected chi connectivity index (χ4v) is 1.28. The van der Waals surface area contributed by atoms with Crippen LogP contribution in [0.1, 0.15) is 0 Å². The molecule has 0 unspecified atom stereocenters. The molecule has 1 aromatic heterocycles. The van der Waals surface area contributed by atoms with Crippen molar-refractivity contribution in [1.82, 2.24) is 19.4 Å². The molecule has 0 atom stereocenters. The Morgan fingerprint density at radius 1 is 1.47 bits per heavy atom. The number of rotatable bonds is 4. The summed E-state index contributed by atoms with van der Waals surface area (Å²) in [5.74, 6) is 0. The highest BCUT2D eigenvalue weighted by molar-refractivity contribution is 7.10. The number of hydrogen-bond donors (Lipinski definition) is 1. The van der Waals surface area contributed by atoms with Gasteiger partial charge >= 0.3 is 6.03 Å². The Balaban J connectivity index is 2.33. The van der Waals surface area contributed by atoms with E-state index in [9.17, 15) is 4.79 Å². The first-order valence-corrected chi connectivity index (χ1v) is 5.31. The van der Waals surface area contributed by atoms with Crippen LogP contribution in [0.4, 0.5) is 9.80 Å². The second-order valence-corrected chi connectivity index (χ2v) is 4.22. The Hall–Kier alpha value is -1.21. The molecule has 7 heteroatoms. The summed E-state index contributed by atoms with van der Waals surface area (Å²) in [4.78, 5) is 15.2. The minimum absolute atomic E-state index is 0.136. The summed E-state index contributed by atoms with van der Waals surface area (Å²) in [7, 11) is 5.70. The predicted molar refractivity (Wildman–Crippen MR) is 60.1 cm³/mol. The topological polar surface area (TPSA) is 61.4 Å². The van der Waals surface area contributed by atoms with Gasteiger partial charge in [0, 0.05) is 31.7 Å². The third-order valence-corrected chi connectivity index (χ3v) is 2.40. The molecule has 15 heavy (non-hydrogen) atoms. The van der Waals surface area contributed by atoms with Crippen molar-refractivity contribution in [2.75, 3.05) is 39.5 Å². The first kappa shape index (κ1) is 11.9. The van der Waals surface area contributed by atoms with E-state index in [-0.39, 0.29) is 6.03 Å². The fraction of sp³-hybridized carbons (Fsp3) is 0.625. The molecule has 0 saturated carbocycles. The molecule has 0 aliphatic carbocycles. The normalized spacial score (nSPS) is 10.4. The number of nitrogens with one attached hydrogen (secondary N) is 1. The molecule has 0 bridgehead atoms. The van der Waals surface area contributed by atoms with E-state index in [0.29, 0.717) is 11.5 Å². The van der Waals surface area contributed by atoms with Gasteiger partial charge in [-0.3, -0.25) is 5.32 Å². The largest absolute Gasteiger partial charge is 0.326 e. The number of carbonyl (C=O) groups is 1. The number of urea groups is 1. The van der Waals surface area contributed by atoms with Crippen molar-refractivity contribution in [2.24, 2.45) is 0 Å². The van der Waals surface area contributed by atoms with Gasteiger partial charge in [-0.1, -0.05) is 4.49 Å². The molecule has 1 heterocycles. The number of carbonyl (C=O) groups excluding carboxylic acids is 1. The third-order valence-electron chi connectivity index (χ3n) is 1.82. The molecule has 1 N–H and O–H groups in total. The summed E-state index contributed by atoms with van der Waals surface area (Å²) in [6.45, 7) is 1.52. The van der Waals surface area contributed by atoms with Gasteiger partial charge in [-0.25, -0.2) is 4.79 Å². The maximum atomic E-state index is 11.6. The quantitative estimate of drug-likeness (QED) is 0.819. The number of likely N-dealkylation sites (N-methyl/N-ethyl adjacent to an activating group) is 2. The Labute approximate surface area is 93.0 Å². The predicted octanol–water partition coefficient (Wildman–Crippen LogP) is 0.563. The molecule has 0 spiro atoms. The van der Waals surface area contributed by atoms with Crippen LogP contribution in [0.5, 0.6) is 0 Å². The second kappa shape index (κ2) is 5.62. The van der Waals surface area contributed by atoms with E-state index in [0.717, 1.165) is 18.1 Å². The van der Waals surface area contributed by atoms with Crippen molar-refractivity contribution in [3.63, 3.8) is 0 Å². The van der Waals surface area contributed by atoms with Crippen LogP contribution in [-0.4, -0.2) is 59.7 Å². The van der Waals surface area contributed by atoms with Crippen LogP contribution < -0.4 is 5.32 Å². The summed E-state index contributed by atoms with van der Waals surface area (Å²) in [5, 5.41) is 7.01. The fourth-order valence-electron chi connectivity index (χ4n) is 0.875. The minimum Gasteiger partial charge on any atom is -0.326 e. The van der Waals surface area contributed by atoms with E-state index in [1.807, 2.05) is 19.0 Å². The lowest BCUT2D eigenvalue weighted by atomic mass is 10.5. The molecule has 0 aliphatic heterocycles. The van der Waals surface area contributed by atoms with E-state index in [1.54, 1.807) is 11.9 Å². The van der Waals surface area contributed by atoms with E-state index in [2.05, 4.69) is 14.9 Å². The molecule has 1 rings (SSSR count). The highest BCUT2D eigenvalue weighted by Gasteiger charge is 2.09.